The summed E-state index contributed by atoms with van der Waals surface area (Å²) in [6.07, 6.45) is -0.448. The van der Waals surface area contributed by atoms with E-state index in [2.05, 4.69) is 4.74 Å². The van der Waals surface area contributed by atoms with Gasteiger partial charge in [-0.1, -0.05) is 6.07 Å². The highest BCUT2D eigenvalue weighted by atomic mass is 16.6. The molecule has 1 atom stereocenters. The number of nitriles is 1. The molecule has 5 heteroatoms. The number of cyclic esters (lactones) is 1. The van der Waals surface area contributed by atoms with Crippen molar-refractivity contribution in [2.24, 2.45) is 0 Å². The van der Waals surface area contributed by atoms with Crippen molar-refractivity contribution in [1.82, 2.24) is 0 Å². The number of rotatable bonds is 2. The van der Waals surface area contributed by atoms with Crippen LogP contribution in [0.15, 0.2) is 24.3 Å². The van der Waals surface area contributed by atoms with Gasteiger partial charge in [0.25, 0.3) is 0 Å². The van der Waals surface area contributed by atoms with Gasteiger partial charge in [0, 0.05) is 6.42 Å². The number of benzene rings is 1. The van der Waals surface area contributed by atoms with E-state index in [4.69, 9.17) is 10.00 Å². The van der Waals surface area contributed by atoms with Crippen LogP contribution in [0.2, 0.25) is 0 Å². The summed E-state index contributed by atoms with van der Waals surface area (Å²) in [5.41, 5.74) is 0.622. The summed E-state index contributed by atoms with van der Waals surface area (Å²) in [7, 11) is 0. The van der Waals surface area contributed by atoms with Gasteiger partial charge < -0.3 is 9.47 Å². The molecule has 1 aromatic rings. The minimum Gasteiger partial charge on any atom is -0.463 e. The average molecular weight is 231 g/mol. The number of nitrogens with zero attached hydrogens (tertiary/aromatic N) is 1. The fraction of sp³-hybridized carbons (Fsp3) is 0.250. The van der Waals surface area contributed by atoms with Gasteiger partial charge >= 0.3 is 11.9 Å². The van der Waals surface area contributed by atoms with E-state index in [9.17, 15) is 9.59 Å². The van der Waals surface area contributed by atoms with Gasteiger partial charge in [-0.25, -0.2) is 9.59 Å². The molecule has 2 rings (SSSR count). The van der Waals surface area contributed by atoms with Crippen molar-refractivity contribution in [3.63, 3.8) is 0 Å². The Morgan fingerprint density at radius 1 is 1.53 bits per heavy atom. The normalized spacial score (nSPS) is 18.3. The molecule has 1 saturated heterocycles. The van der Waals surface area contributed by atoms with Gasteiger partial charge in [-0.2, -0.15) is 5.26 Å². The Labute approximate surface area is 97.6 Å². The molecule has 1 aliphatic rings. The molecule has 0 radical (unpaired) electrons. The standard InChI is InChI=1S/C12H9NO4/c13-7-8-2-1-3-9(6-8)11(14)17-10-4-5-16-12(10)15/h1-3,6,10H,4-5H2/t10-/m1/s1. The maximum absolute atomic E-state index is 11.7. The molecule has 86 valence electrons. The zero-order valence-corrected chi connectivity index (χ0v) is 8.88. The Bertz CT molecular complexity index is 503. The lowest BCUT2D eigenvalue weighted by Crippen LogP contribution is -2.22. The van der Waals surface area contributed by atoms with Gasteiger partial charge in [0.2, 0.25) is 6.10 Å². The molecule has 0 spiro atoms. The van der Waals surface area contributed by atoms with Crippen molar-refractivity contribution >= 4 is 11.9 Å². The van der Waals surface area contributed by atoms with Crippen molar-refractivity contribution in [3.05, 3.63) is 35.4 Å². The molecule has 1 heterocycles. The van der Waals surface area contributed by atoms with Crippen LogP contribution in [-0.4, -0.2) is 24.6 Å². The molecule has 0 N–H and O–H groups in total. The maximum Gasteiger partial charge on any atom is 0.347 e. The third-order valence-electron chi connectivity index (χ3n) is 2.36. The van der Waals surface area contributed by atoms with Crippen molar-refractivity contribution in [2.75, 3.05) is 6.61 Å². The van der Waals surface area contributed by atoms with Crippen molar-refractivity contribution in [3.8, 4) is 6.07 Å². The summed E-state index contributed by atoms with van der Waals surface area (Å²) in [4.78, 5) is 22.8. The molecular formula is C12H9NO4. The van der Waals surface area contributed by atoms with Gasteiger partial charge in [0.15, 0.2) is 0 Å². The highest BCUT2D eigenvalue weighted by molar-refractivity contribution is 5.92. The second-order valence-corrected chi connectivity index (χ2v) is 3.54. The molecule has 0 unspecified atom stereocenters. The van der Waals surface area contributed by atoms with E-state index in [1.165, 1.54) is 12.1 Å². The molecule has 0 aliphatic carbocycles. The first kappa shape index (κ1) is 11.1. The number of ether oxygens (including phenoxy) is 2. The number of esters is 2. The fourth-order valence-corrected chi connectivity index (χ4v) is 1.50. The van der Waals surface area contributed by atoms with E-state index in [-0.39, 0.29) is 12.2 Å². The van der Waals surface area contributed by atoms with Crippen LogP contribution in [0.3, 0.4) is 0 Å². The largest absolute Gasteiger partial charge is 0.463 e. The lowest BCUT2D eigenvalue weighted by molar-refractivity contribution is -0.145. The summed E-state index contributed by atoms with van der Waals surface area (Å²) < 4.78 is 9.66. The highest BCUT2D eigenvalue weighted by Crippen LogP contribution is 2.13. The van der Waals surface area contributed by atoms with Gasteiger partial charge in [-0.15, -0.1) is 0 Å². The molecule has 0 aromatic heterocycles. The van der Waals surface area contributed by atoms with E-state index in [1.54, 1.807) is 12.1 Å². The fourth-order valence-electron chi connectivity index (χ4n) is 1.50. The third-order valence-corrected chi connectivity index (χ3v) is 2.36. The number of hydrogen-bond acceptors (Lipinski definition) is 5. The average Bonchev–Trinajstić information content (AvgIpc) is 2.75. The smallest absolute Gasteiger partial charge is 0.347 e. The van der Waals surface area contributed by atoms with Crippen LogP contribution in [0.4, 0.5) is 0 Å². The quantitative estimate of drug-likeness (QED) is 0.710. The predicted molar refractivity (Wildman–Crippen MR) is 55.9 cm³/mol. The zero-order chi connectivity index (χ0) is 12.3. The Morgan fingerprint density at radius 3 is 3.00 bits per heavy atom. The number of hydrogen-bond donors (Lipinski definition) is 0. The van der Waals surface area contributed by atoms with Crippen LogP contribution in [0.25, 0.3) is 0 Å². The lowest BCUT2D eigenvalue weighted by atomic mass is 10.1. The second kappa shape index (κ2) is 4.66. The summed E-state index contributed by atoms with van der Waals surface area (Å²) in [6, 6.07) is 8.05. The second-order valence-electron chi connectivity index (χ2n) is 3.54. The molecule has 0 amide bonds. The monoisotopic (exact) mass is 231 g/mol. The SMILES string of the molecule is N#Cc1cccc(C(=O)O[C@@H]2CCOC2=O)c1. The van der Waals surface area contributed by atoms with Crippen molar-refractivity contribution in [2.45, 2.75) is 12.5 Å². The molecule has 0 saturated carbocycles. The van der Waals surface area contributed by atoms with Crippen LogP contribution >= 0.6 is 0 Å². The first-order valence-electron chi connectivity index (χ1n) is 5.08. The van der Waals surface area contributed by atoms with Gasteiger partial charge in [-0.05, 0) is 18.2 Å². The minimum atomic E-state index is -0.826. The van der Waals surface area contributed by atoms with E-state index < -0.39 is 18.0 Å². The van der Waals surface area contributed by atoms with E-state index in [1.807, 2.05) is 6.07 Å². The summed E-state index contributed by atoms with van der Waals surface area (Å²) in [6.45, 7) is 0.273. The first-order chi connectivity index (χ1) is 8.20. The first-order valence-corrected chi connectivity index (χ1v) is 5.08. The molecule has 1 aromatic carbocycles. The van der Waals surface area contributed by atoms with Crippen LogP contribution in [0.1, 0.15) is 22.3 Å². The van der Waals surface area contributed by atoms with Crippen LogP contribution in [-0.2, 0) is 14.3 Å². The number of carbonyl (C=O) groups excluding carboxylic acids is 2. The molecule has 5 nitrogen and oxygen atoms in total. The lowest BCUT2D eigenvalue weighted by Gasteiger charge is -2.08. The van der Waals surface area contributed by atoms with Crippen LogP contribution < -0.4 is 0 Å². The van der Waals surface area contributed by atoms with Gasteiger partial charge in [-0.3, -0.25) is 0 Å². The molecular weight excluding hydrogens is 222 g/mol. The molecule has 1 fully saturated rings. The Morgan fingerprint density at radius 2 is 2.35 bits per heavy atom. The third kappa shape index (κ3) is 2.42. The molecule has 1 aliphatic heterocycles. The Balaban J connectivity index is 2.09. The van der Waals surface area contributed by atoms with E-state index in [0.717, 1.165) is 0 Å². The van der Waals surface area contributed by atoms with Crippen LogP contribution in [0.5, 0.6) is 0 Å². The topological polar surface area (TPSA) is 76.4 Å². The van der Waals surface area contributed by atoms with E-state index >= 15 is 0 Å². The summed E-state index contributed by atoms with van der Waals surface area (Å²) in [5, 5.41) is 8.69. The van der Waals surface area contributed by atoms with Crippen molar-refractivity contribution in [1.29, 1.82) is 5.26 Å². The van der Waals surface area contributed by atoms with Gasteiger partial charge in [0.1, 0.15) is 0 Å². The zero-order valence-electron chi connectivity index (χ0n) is 8.88. The van der Waals surface area contributed by atoms with Gasteiger partial charge in [0.05, 0.1) is 23.8 Å². The highest BCUT2D eigenvalue weighted by Gasteiger charge is 2.30. The Kier molecular flexibility index (Phi) is 3.06. The van der Waals surface area contributed by atoms with Crippen LogP contribution in [0, 0.1) is 11.3 Å². The summed E-state index contributed by atoms with van der Waals surface area (Å²) >= 11 is 0. The maximum atomic E-state index is 11.7. The number of carbonyl (C=O) groups is 2. The summed E-state index contributed by atoms with van der Waals surface area (Å²) in [5.74, 6) is -1.14. The minimum absolute atomic E-state index is 0.253. The Hall–Kier alpha value is -2.35. The molecule has 17 heavy (non-hydrogen) atoms. The molecule has 0 bridgehead atoms. The predicted octanol–water partition coefficient (Wildman–Crippen LogP) is 1.03. The van der Waals surface area contributed by atoms with E-state index in [0.29, 0.717) is 12.0 Å². The van der Waals surface area contributed by atoms with Crippen molar-refractivity contribution < 1.29 is 19.1 Å².